The van der Waals surface area contributed by atoms with Gasteiger partial charge in [-0.05, 0) is 71.4 Å². The molecule has 0 amide bonds. The third-order valence-electron chi connectivity index (χ3n) is 9.73. The quantitative estimate of drug-likeness (QED) is 0.190. The largest absolute Gasteiger partial charge is 0.455 e. The van der Waals surface area contributed by atoms with Gasteiger partial charge in [-0.15, -0.1) is 0 Å². The zero-order valence-corrected chi connectivity index (χ0v) is 26.6. The molecule has 0 N–H and O–H groups in total. The minimum absolute atomic E-state index is 0.883. The number of nitrogens with zero attached hydrogens (tertiary/aromatic N) is 2. The SMILES string of the molecule is c1ccc(N(c2ccccc2)c2cc(-c3cccc4c5ccccc5n(-c5ccccc5)c34)c3oc4ccc5ccccc5c4c3c2)cc1. The van der Waals surface area contributed by atoms with Crippen molar-refractivity contribution in [3.63, 3.8) is 0 Å². The van der Waals surface area contributed by atoms with Crippen molar-refractivity contribution >= 4 is 71.6 Å². The fourth-order valence-electron chi connectivity index (χ4n) is 7.65. The minimum atomic E-state index is 0.883. The van der Waals surface area contributed by atoms with Gasteiger partial charge in [0, 0.05) is 55.4 Å². The van der Waals surface area contributed by atoms with Crippen LogP contribution in [0.15, 0.2) is 186 Å². The number of fused-ring (bicyclic) bond motifs is 8. The van der Waals surface area contributed by atoms with Crippen LogP contribution in [0.2, 0.25) is 0 Å². The molecule has 49 heavy (non-hydrogen) atoms. The first-order valence-corrected chi connectivity index (χ1v) is 16.7. The van der Waals surface area contributed by atoms with Gasteiger partial charge in [-0.1, -0.05) is 121 Å². The lowest BCUT2D eigenvalue weighted by Gasteiger charge is -2.26. The monoisotopic (exact) mass is 626 g/mol. The summed E-state index contributed by atoms with van der Waals surface area (Å²) in [7, 11) is 0. The van der Waals surface area contributed by atoms with Gasteiger partial charge in [0.25, 0.3) is 0 Å². The van der Waals surface area contributed by atoms with Crippen LogP contribution >= 0.6 is 0 Å². The Labute approximate surface area is 283 Å². The summed E-state index contributed by atoms with van der Waals surface area (Å²) in [5.74, 6) is 0. The molecule has 0 radical (unpaired) electrons. The van der Waals surface area contributed by atoms with Crippen LogP contribution in [0.25, 0.3) is 71.3 Å². The highest BCUT2D eigenvalue weighted by Crippen LogP contribution is 2.47. The van der Waals surface area contributed by atoms with E-state index in [1.807, 2.05) is 0 Å². The Kier molecular flexibility index (Phi) is 6.18. The summed E-state index contributed by atoms with van der Waals surface area (Å²) < 4.78 is 9.34. The first-order chi connectivity index (χ1) is 24.3. The summed E-state index contributed by atoms with van der Waals surface area (Å²) in [5.41, 5.74) is 10.6. The van der Waals surface area contributed by atoms with Gasteiger partial charge in [0.15, 0.2) is 0 Å². The van der Waals surface area contributed by atoms with Crippen molar-refractivity contribution in [3.05, 3.63) is 182 Å². The van der Waals surface area contributed by atoms with Gasteiger partial charge in [0.05, 0.1) is 11.0 Å². The summed E-state index contributed by atoms with van der Waals surface area (Å²) in [6.07, 6.45) is 0. The first-order valence-electron chi connectivity index (χ1n) is 16.7. The van der Waals surface area contributed by atoms with Crippen LogP contribution in [-0.4, -0.2) is 4.57 Å². The van der Waals surface area contributed by atoms with Gasteiger partial charge >= 0.3 is 0 Å². The summed E-state index contributed by atoms with van der Waals surface area (Å²) in [6.45, 7) is 0. The van der Waals surface area contributed by atoms with Crippen LogP contribution in [0.4, 0.5) is 17.1 Å². The lowest BCUT2D eigenvalue weighted by Crippen LogP contribution is -2.10. The van der Waals surface area contributed by atoms with Crippen molar-refractivity contribution in [3.8, 4) is 16.8 Å². The second-order valence-corrected chi connectivity index (χ2v) is 12.5. The second kappa shape index (κ2) is 11.0. The molecule has 0 atom stereocenters. The molecular weight excluding hydrogens is 597 g/mol. The van der Waals surface area contributed by atoms with Gasteiger partial charge in [0.1, 0.15) is 11.2 Å². The molecule has 0 aliphatic heterocycles. The fourth-order valence-corrected chi connectivity index (χ4v) is 7.65. The lowest BCUT2D eigenvalue weighted by atomic mass is 9.96. The first kappa shape index (κ1) is 27.5. The Bertz CT molecular complexity index is 2770. The molecule has 0 saturated carbocycles. The highest BCUT2D eigenvalue weighted by Gasteiger charge is 2.23. The molecule has 3 nitrogen and oxygen atoms in total. The van der Waals surface area contributed by atoms with Gasteiger partial charge in [-0.25, -0.2) is 0 Å². The van der Waals surface area contributed by atoms with Gasteiger partial charge < -0.3 is 13.9 Å². The van der Waals surface area contributed by atoms with Crippen molar-refractivity contribution in [2.75, 3.05) is 4.90 Å². The van der Waals surface area contributed by atoms with Crippen molar-refractivity contribution in [1.29, 1.82) is 0 Å². The molecule has 0 bridgehead atoms. The van der Waals surface area contributed by atoms with Crippen LogP contribution in [-0.2, 0) is 0 Å². The highest BCUT2D eigenvalue weighted by molar-refractivity contribution is 6.23. The Morgan fingerprint density at radius 3 is 1.82 bits per heavy atom. The summed E-state index contributed by atoms with van der Waals surface area (Å²) in [4.78, 5) is 2.35. The van der Waals surface area contributed by atoms with E-state index in [2.05, 4.69) is 191 Å². The molecule has 8 aromatic carbocycles. The normalized spacial score (nSPS) is 11.7. The molecule has 230 valence electrons. The number of anilines is 3. The number of benzene rings is 8. The van der Waals surface area contributed by atoms with Crippen molar-refractivity contribution in [2.24, 2.45) is 0 Å². The summed E-state index contributed by atoms with van der Waals surface area (Å²) in [5, 5.41) is 7.04. The number of furan rings is 1. The van der Waals surface area contributed by atoms with E-state index in [-0.39, 0.29) is 0 Å². The average molecular weight is 627 g/mol. The maximum absolute atomic E-state index is 6.93. The van der Waals surface area contributed by atoms with Crippen molar-refractivity contribution in [1.82, 2.24) is 4.57 Å². The Morgan fingerprint density at radius 1 is 0.429 bits per heavy atom. The van der Waals surface area contributed by atoms with Crippen LogP contribution in [0.3, 0.4) is 0 Å². The molecule has 10 aromatic rings. The number of aromatic nitrogens is 1. The number of hydrogen-bond acceptors (Lipinski definition) is 2. The molecular formula is C46H30N2O. The van der Waals surface area contributed by atoms with Crippen LogP contribution in [0.1, 0.15) is 0 Å². The fraction of sp³-hybridized carbons (Fsp3) is 0. The third-order valence-corrected chi connectivity index (χ3v) is 9.73. The van der Waals surface area contributed by atoms with Gasteiger partial charge in [0.2, 0.25) is 0 Å². The zero-order chi connectivity index (χ0) is 32.3. The highest BCUT2D eigenvalue weighted by atomic mass is 16.3. The van der Waals surface area contributed by atoms with E-state index >= 15 is 0 Å². The van der Waals surface area contributed by atoms with Crippen LogP contribution in [0, 0.1) is 0 Å². The van der Waals surface area contributed by atoms with Crippen LogP contribution < -0.4 is 4.90 Å². The third kappa shape index (κ3) is 4.29. The predicted molar refractivity (Wildman–Crippen MR) is 206 cm³/mol. The van der Waals surface area contributed by atoms with Crippen molar-refractivity contribution in [2.45, 2.75) is 0 Å². The zero-order valence-electron chi connectivity index (χ0n) is 26.6. The summed E-state index contributed by atoms with van der Waals surface area (Å²) >= 11 is 0. The maximum atomic E-state index is 6.93. The molecule has 3 heteroatoms. The Morgan fingerprint density at radius 2 is 1.06 bits per heavy atom. The van der Waals surface area contributed by atoms with E-state index < -0.39 is 0 Å². The number of para-hydroxylation sites is 5. The van der Waals surface area contributed by atoms with Crippen molar-refractivity contribution < 1.29 is 4.42 Å². The predicted octanol–water partition coefficient (Wildman–Crippen LogP) is 13.0. The van der Waals surface area contributed by atoms with Gasteiger partial charge in [-0.2, -0.15) is 0 Å². The maximum Gasteiger partial charge on any atom is 0.143 e. The topological polar surface area (TPSA) is 21.3 Å². The smallest absolute Gasteiger partial charge is 0.143 e. The Balaban J connectivity index is 1.38. The van der Waals surface area contributed by atoms with E-state index in [1.54, 1.807) is 0 Å². The molecule has 2 aromatic heterocycles. The molecule has 2 heterocycles. The molecule has 0 saturated heterocycles. The van der Waals surface area contributed by atoms with E-state index in [4.69, 9.17) is 4.42 Å². The molecule has 0 aliphatic carbocycles. The Hall–Kier alpha value is -6.58. The second-order valence-electron chi connectivity index (χ2n) is 12.5. The van der Waals surface area contributed by atoms with E-state index in [9.17, 15) is 0 Å². The van der Waals surface area contributed by atoms with Crippen LogP contribution in [0.5, 0.6) is 0 Å². The molecule has 10 rings (SSSR count). The minimum Gasteiger partial charge on any atom is -0.455 e. The summed E-state index contributed by atoms with van der Waals surface area (Å²) in [6, 6.07) is 64.8. The van der Waals surface area contributed by atoms with Gasteiger partial charge in [-0.3, -0.25) is 0 Å². The van der Waals surface area contributed by atoms with E-state index in [0.29, 0.717) is 0 Å². The number of hydrogen-bond donors (Lipinski definition) is 0. The lowest BCUT2D eigenvalue weighted by molar-refractivity contribution is 0.670. The average Bonchev–Trinajstić information content (AvgIpc) is 3.72. The van der Waals surface area contributed by atoms with E-state index in [0.717, 1.165) is 61.3 Å². The number of rotatable bonds is 5. The standard InChI is InChI=1S/C46H30N2O/c1-4-16-32(17-5-1)47(33-18-6-2-7-19-33)35-29-40(46-41(30-35)44-36-22-11-10-15-31(36)27-28-43(44)49-46)39-25-14-24-38-37-23-12-13-26-42(37)48(45(38)39)34-20-8-3-9-21-34/h1-30H. The molecule has 0 spiro atoms. The molecule has 0 fully saturated rings. The van der Waals surface area contributed by atoms with E-state index in [1.165, 1.54) is 27.1 Å². The molecule has 0 aliphatic rings. The molecule has 0 unspecified atom stereocenters.